The van der Waals surface area contributed by atoms with Crippen LogP contribution in [0.1, 0.15) is 43.7 Å². The second-order valence-electron chi connectivity index (χ2n) is 11.2. The Morgan fingerprint density at radius 3 is 2.56 bits per heavy atom. The molecule has 2 aromatic rings. The lowest BCUT2D eigenvalue weighted by Gasteiger charge is -2.35. The van der Waals surface area contributed by atoms with Crippen molar-refractivity contribution in [2.75, 3.05) is 30.4 Å². The maximum absolute atomic E-state index is 14.2. The van der Waals surface area contributed by atoms with Gasteiger partial charge in [0.05, 0.1) is 23.2 Å². The first-order valence-electron chi connectivity index (χ1n) is 14.3. The molecular formula is C31H38BrN3O5S. The van der Waals surface area contributed by atoms with Gasteiger partial charge in [-0.3, -0.25) is 14.4 Å². The number of fused-ring (bicyclic) bond motifs is 1. The molecule has 0 aromatic heterocycles. The molecule has 3 aliphatic rings. The Bertz CT molecular complexity index is 1310. The molecule has 3 fully saturated rings. The topological polar surface area (TPSA) is 108 Å². The van der Waals surface area contributed by atoms with E-state index in [1.807, 2.05) is 51.1 Å². The first kappa shape index (κ1) is 29.9. The smallest absolute Gasteiger partial charge is 0.248 e. The highest BCUT2D eigenvalue weighted by Crippen LogP contribution is 2.67. The van der Waals surface area contributed by atoms with E-state index in [4.69, 9.17) is 4.74 Å². The molecule has 6 atom stereocenters. The van der Waals surface area contributed by atoms with E-state index >= 15 is 0 Å². The Morgan fingerprint density at radius 2 is 1.85 bits per heavy atom. The van der Waals surface area contributed by atoms with Crippen LogP contribution in [0.5, 0.6) is 5.75 Å². The van der Waals surface area contributed by atoms with Crippen LogP contribution in [-0.4, -0.2) is 68.4 Å². The number of aliphatic hydroxyl groups is 1. The zero-order valence-electron chi connectivity index (χ0n) is 23.7. The number of carbonyl (C=O) groups is 3. The third-order valence-corrected chi connectivity index (χ3v) is 11.7. The van der Waals surface area contributed by atoms with Crippen molar-refractivity contribution in [2.45, 2.75) is 67.3 Å². The second-order valence-corrected chi connectivity index (χ2v) is 13.9. The zero-order chi connectivity index (χ0) is 29.3. The van der Waals surface area contributed by atoms with Gasteiger partial charge in [-0.2, -0.15) is 0 Å². The summed E-state index contributed by atoms with van der Waals surface area (Å²) in [7, 11) is 0. The monoisotopic (exact) mass is 643 g/mol. The fraction of sp³-hybridized carbons (Fsp3) is 0.516. The lowest BCUT2D eigenvalue weighted by molar-refractivity contribution is -0.138. The molecule has 10 heteroatoms. The Morgan fingerprint density at radius 1 is 1.10 bits per heavy atom. The van der Waals surface area contributed by atoms with Gasteiger partial charge < -0.3 is 25.4 Å². The zero-order valence-corrected chi connectivity index (χ0v) is 26.1. The summed E-state index contributed by atoms with van der Waals surface area (Å²) in [6, 6.07) is 12.5. The Labute approximate surface area is 254 Å². The van der Waals surface area contributed by atoms with Gasteiger partial charge in [-0.25, -0.2) is 0 Å². The molecule has 5 rings (SSSR count). The maximum atomic E-state index is 14.2. The van der Waals surface area contributed by atoms with Crippen molar-refractivity contribution in [2.24, 2.45) is 11.8 Å². The number of amides is 3. The molecule has 3 saturated heterocycles. The number of nitrogens with zero attached hydrogens (tertiary/aromatic N) is 1. The average Bonchev–Trinajstić information content (AvgIpc) is 3.53. The van der Waals surface area contributed by atoms with Gasteiger partial charge in [0.15, 0.2) is 0 Å². The van der Waals surface area contributed by atoms with Crippen molar-refractivity contribution in [3.8, 4) is 5.75 Å². The average molecular weight is 645 g/mol. The molecule has 3 heterocycles. The van der Waals surface area contributed by atoms with Gasteiger partial charge in [-0.1, -0.05) is 28.1 Å². The fourth-order valence-electron chi connectivity index (χ4n) is 6.64. The molecule has 41 heavy (non-hydrogen) atoms. The number of hydrogen-bond donors (Lipinski definition) is 3. The lowest BCUT2D eigenvalue weighted by atomic mass is 9.70. The van der Waals surface area contributed by atoms with E-state index in [1.54, 1.807) is 28.8 Å². The number of halogens is 1. The van der Waals surface area contributed by atoms with E-state index in [-0.39, 0.29) is 34.4 Å². The van der Waals surface area contributed by atoms with Gasteiger partial charge in [0.1, 0.15) is 11.8 Å². The predicted molar refractivity (Wildman–Crippen MR) is 166 cm³/mol. The standard InChI is InChI=1S/C31H38BrN3O5S/c1-4-40-21-12-10-20(11-13-21)33-28(37)24-25-30(39)35(14-6-5-7-15-36)27(31(25)17-22(32)26(24)41-31)29(38)34-23-16-18(2)8-9-19(23)3/h8-13,16,22,24-27,36H,4-7,14-15,17H2,1-3H3,(H,33,37)(H,34,38)/t22?,24-,25+,26-,27?,31?/m1/s1. The van der Waals surface area contributed by atoms with Crippen molar-refractivity contribution >= 4 is 56.8 Å². The number of alkyl halides is 1. The molecule has 3 N–H and O–H groups in total. The number of benzene rings is 2. The molecule has 3 amide bonds. The first-order valence-corrected chi connectivity index (χ1v) is 16.1. The van der Waals surface area contributed by atoms with Crippen LogP contribution >= 0.6 is 27.7 Å². The molecule has 3 unspecified atom stereocenters. The number of rotatable bonds is 11. The van der Waals surface area contributed by atoms with Crippen molar-refractivity contribution in [1.82, 2.24) is 4.90 Å². The highest BCUT2D eigenvalue weighted by atomic mass is 79.9. The van der Waals surface area contributed by atoms with Crippen molar-refractivity contribution in [3.05, 3.63) is 53.6 Å². The molecule has 1 spiro atoms. The van der Waals surface area contributed by atoms with Crippen LogP contribution in [0, 0.1) is 25.7 Å². The number of aryl methyl sites for hydroxylation is 2. The number of aliphatic hydroxyl groups excluding tert-OH is 1. The molecule has 0 saturated carbocycles. The van der Waals surface area contributed by atoms with E-state index in [2.05, 4.69) is 26.6 Å². The highest BCUT2D eigenvalue weighted by molar-refractivity contribution is 9.09. The largest absolute Gasteiger partial charge is 0.494 e. The number of carbonyl (C=O) groups excluding carboxylic acids is 3. The quantitative estimate of drug-likeness (QED) is 0.237. The summed E-state index contributed by atoms with van der Waals surface area (Å²) < 4.78 is 4.80. The number of anilines is 2. The first-order chi connectivity index (χ1) is 19.7. The number of nitrogens with one attached hydrogen (secondary N) is 2. The van der Waals surface area contributed by atoms with Gasteiger partial charge in [0.25, 0.3) is 0 Å². The number of unbranched alkanes of at least 4 members (excludes halogenated alkanes) is 2. The van der Waals surface area contributed by atoms with Crippen LogP contribution in [0.15, 0.2) is 42.5 Å². The van der Waals surface area contributed by atoms with E-state index in [9.17, 15) is 19.5 Å². The summed E-state index contributed by atoms with van der Waals surface area (Å²) in [6.07, 6.45) is 2.70. The molecule has 0 aliphatic carbocycles. The lowest BCUT2D eigenvalue weighted by Crippen LogP contribution is -2.52. The van der Waals surface area contributed by atoms with Crippen LogP contribution < -0.4 is 15.4 Å². The Balaban J connectivity index is 1.44. The summed E-state index contributed by atoms with van der Waals surface area (Å²) in [6.45, 7) is 6.90. The summed E-state index contributed by atoms with van der Waals surface area (Å²) in [5.74, 6) is -0.988. The van der Waals surface area contributed by atoms with E-state index in [1.165, 1.54) is 0 Å². The Hall–Kier alpha value is -2.56. The highest BCUT2D eigenvalue weighted by Gasteiger charge is 2.75. The molecule has 2 aromatic carbocycles. The molecule has 0 radical (unpaired) electrons. The third-order valence-electron chi connectivity index (χ3n) is 8.48. The number of ether oxygens (including phenoxy) is 1. The van der Waals surface area contributed by atoms with Gasteiger partial charge in [-0.05, 0) is 87.9 Å². The van der Waals surface area contributed by atoms with Crippen LogP contribution in [0.2, 0.25) is 0 Å². The SMILES string of the molecule is CCOc1ccc(NC(=O)[C@H]2[C@@H]3SC4(CC3Br)C(C(=O)Nc3cc(C)ccc3C)N(CCCCCO)C(=O)[C@H]24)cc1. The van der Waals surface area contributed by atoms with Crippen LogP contribution in [0.3, 0.4) is 0 Å². The molecule has 3 aliphatic heterocycles. The normalized spacial score (nSPS) is 28.1. The maximum Gasteiger partial charge on any atom is 0.248 e. The minimum atomic E-state index is -0.713. The number of thioether (sulfide) groups is 1. The van der Waals surface area contributed by atoms with Gasteiger partial charge in [0, 0.05) is 34.6 Å². The summed E-state index contributed by atoms with van der Waals surface area (Å²) in [5.41, 5.74) is 3.36. The van der Waals surface area contributed by atoms with E-state index in [0.717, 1.165) is 29.0 Å². The van der Waals surface area contributed by atoms with E-state index in [0.29, 0.717) is 38.1 Å². The molecule has 220 valence electrons. The molecular weight excluding hydrogens is 606 g/mol. The Kier molecular flexibility index (Phi) is 9.01. The molecule has 2 bridgehead atoms. The van der Waals surface area contributed by atoms with Crippen molar-refractivity contribution in [1.29, 1.82) is 0 Å². The summed E-state index contributed by atoms with van der Waals surface area (Å²) in [4.78, 5) is 43.8. The van der Waals surface area contributed by atoms with Crippen LogP contribution in [0.4, 0.5) is 11.4 Å². The van der Waals surface area contributed by atoms with Crippen molar-refractivity contribution in [3.63, 3.8) is 0 Å². The fourth-order valence-corrected chi connectivity index (χ4v) is 10.3. The minimum Gasteiger partial charge on any atom is -0.494 e. The van der Waals surface area contributed by atoms with E-state index < -0.39 is 22.6 Å². The second kappa shape index (κ2) is 12.4. The van der Waals surface area contributed by atoms with Crippen LogP contribution in [0.25, 0.3) is 0 Å². The molecule has 8 nitrogen and oxygen atoms in total. The number of hydrogen-bond acceptors (Lipinski definition) is 6. The summed E-state index contributed by atoms with van der Waals surface area (Å²) in [5, 5.41) is 15.3. The van der Waals surface area contributed by atoms with Gasteiger partial charge in [-0.15, -0.1) is 11.8 Å². The minimum absolute atomic E-state index is 0.00188. The predicted octanol–water partition coefficient (Wildman–Crippen LogP) is 4.91. The van der Waals surface area contributed by atoms with Gasteiger partial charge in [0.2, 0.25) is 17.7 Å². The number of likely N-dealkylation sites (tertiary alicyclic amines) is 1. The van der Waals surface area contributed by atoms with Gasteiger partial charge >= 0.3 is 0 Å². The van der Waals surface area contributed by atoms with Crippen LogP contribution in [-0.2, 0) is 14.4 Å². The summed E-state index contributed by atoms with van der Waals surface area (Å²) >= 11 is 5.45. The van der Waals surface area contributed by atoms with Crippen molar-refractivity contribution < 1.29 is 24.2 Å². The third kappa shape index (κ3) is 5.62.